The van der Waals surface area contributed by atoms with Gasteiger partial charge in [0.05, 0.1) is 51.5 Å². The van der Waals surface area contributed by atoms with Crippen LogP contribution in [0.3, 0.4) is 0 Å². The molecule has 460 valence electrons. The highest BCUT2D eigenvalue weighted by Gasteiger charge is 2.30. The van der Waals surface area contributed by atoms with Gasteiger partial charge in [0.25, 0.3) is 60.7 Å². The number of amides is 1. The second-order valence-electron chi connectivity index (χ2n) is 18.2. The van der Waals surface area contributed by atoms with Gasteiger partial charge >= 0.3 is 0 Å². The number of nitrogens with one attached hydrogen (secondary N) is 1. The second kappa shape index (κ2) is 24.4. The maximum absolute atomic E-state index is 12.7. The zero-order valence-electron chi connectivity index (χ0n) is 44.4. The minimum absolute atomic E-state index is 0.00206. The Kier molecular flexibility index (Phi) is 18.3. The largest absolute Gasteiger partial charge is 0.494 e. The van der Waals surface area contributed by atoms with Gasteiger partial charge in [0, 0.05) is 46.0 Å². The highest BCUT2D eigenvalue weighted by molar-refractivity contribution is 7.99. The summed E-state index contributed by atoms with van der Waals surface area (Å²) in [7, 11) is -28.6. The van der Waals surface area contributed by atoms with E-state index in [1.165, 1.54) is 51.3 Å². The molecule has 5 aromatic carbocycles. The summed E-state index contributed by atoms with van der Waals surface area (Å²) in [4.78, 5) is 16.5. The Morgan fingerprint density at radius 2 is 1.30 bits per heavy atom. The standard InChI is InChI=1S/C46H41N11O22S8/c1-21-11-30(52-55-40-22(2)28(20-47)44-49-33-12-24(48-23(3)58)13-39(87(75,76)77)42(33)57(44)45(40)59)35(79-7-5-9-82(60,61)62)17-29(21)51-54-32-18-34(78-4)31(19-36(32)80-8-6-10-83(63,64)65)53-56-46-50-41-38(86(72,73)74)16-26-27(43(41)81-46)14-25(84(66,67)68)15-37(26)85(69,70)71/h11-19,59H,5-10H2,1-4H3,(H,48,58)(H,60,61,62)(H,63,64,65)(H,66,67,68)(H,69,70,71)(H,72,73,74)(H,75,76,77). The molecule has 0 aliphatic carbocycles. The van der Waals surface area contributed by atoms with Gasteiger partial charge in [-0.3, -0.25) is 36.5 Å². The second-order valence-corrected chi connectivity index (χ2v) is 29.1. The van der Waals surface area contributed by atoms with Crippen molar-refractivity contribution >= 4 is 167 Å². The molecule has 1 amide bonds. The van der Waals surface area contributed by atoms with Gasteiger partial charge in [0.1, 0.15) is 60.4 Å². The Balaban J connectivity index is 1.23. The summed E-state index contributed by atoms with van der Waals surface area (Å²) in [5.74, 6) is -3.08. The van der Waals surface area contributed by atoms with Crippen molar-refractivity contribution in [2.24, 2.45) is 30.7 Å². The van der Waals surface area contributed by atoms with Crippen LogP contribution in [0.2, 0.25) is 0 Å². The number of methoxy groups -OCH3 is 1. The summed E-state index contributed by atoms with van der Waals surface area (Å²) < 4.78 is 217. The number of thiazole rings is 1. The van der Waals surface area contributed by atoms with E-state index in [0.29, 0.717) is 23.5 Å². The Labute approximate surface area is 500 Å². The number of carbonyl (C=O) groups is 1. The Hall–Kier alpha value is -7.83. The lowest BCUT2D eigenvalue weighted by Crippen LogP contribution is -2.08. The third kappa shape index (κ3) is 14.8. The normalized spacial score (nSPS) is 13.1. The Bertz CT molecular complexity index is 5110. The van der Waals surface area contributed by atoms with Crippen LogP contribution in [0.15, 0.2) is 110 Å². The van der Waals surface area contributed by atoms with Gasteiger partial charge in [0.2, 0.25) is 16.9 Å². The molecule has 0 unspecified atom stereocenters. The van der Waals surface area contributed by atoms with Crippen LogP contribution in [-0.4, -0.2) is 134 Å². The zero-order valence-corrected chi connectivity index (χ0v) is 51.0. The minimum Gasteiger partial charge on any atom is -0.494 e. The van der Waals surface area contributed by atoms with Crippen LogP contribution >= 0.6 is 23.1 Å². The van der Waals surface area contributed by atoms with Crippen LogP contribution in [0.1, 0.15) is 36.5 Å². The maximum atomic E-state index is 12.7. The van der Waals surface area contributed by atoms with E-state index in [1.807, 2.05) is 6.07 Å². The lowest BCUT2D eigenvalue weighted by atomic mass is 10.1. The summed E-state index contributed by atoms with van der Waals surface area (Å²) in [5, 5.41) is 48.6. The van der Waals surface area contributed by atoms with E-state index in [0.717, 1.165) is 35.2 Å². The number of nitrogens with zero attached hydrogens (tertiary/aromatic N) is 10. The molecule has 0 saturated carbocycles. The highest BCUT2D eigenvalue weighted by Crippen LogP contribution is 2.46. The van der Waals surface area contributed by atoms with Crippen molar-refractivity contribution < 1.29 is 97.2 Å². The number of azo groups is 3. The number of hydrogen-bond acceptors (Lipinski definition) is 27. The number of aryl methyl sites for hydroxylation is 1. The number of aromatic nitrogens is 3. The van der Waals surface area contributed by atoms with Crippen molar-refractivity contribution in [3.8, 4) is 23.4 Å². The Morgan fingerprint density at radius 3 is 1.91 bits per heavy atom. The quantitative estimate of drug-likeness (QED) is 0.0136. The van der Waals surface area contributed by atoms with Crippen LogP contribution < -0.4 is 14.8 Å². The molecule has 0 fully saturated rings. The number of hydrogen-bond donors (Lipinski definition) is 8. The van der Waals surface area contributed by atoms with E-state index in [-0.39, 0.29) is 108 Å². The number of nitriles is 1. The van der Waals surface area contributed by atoms with E-state index >= 15 is 0 Å². The number of fused-ring (bicyclic) bond motifs is 6. The number of imidazole rings is 1. The van der Waals surface area contributed by atoms with Crippen LogP contribution in [-0.2, 0) is 65.5 Å². The number of rotatable bonds is 22. The van der Waals surface area contributed by atoms with Gasteiger partial charge in [-0.05, 0) is 80.5 Å². The minimum atomic E-state index is -5.34. The molecule has 0 aliphatic rings. The lowest BCUT2D eigenvalue weighted by molar-refractivity contribution is -0.114. The molecule has 0 spiro atoms. The number of pyridine rings is 1. The van der Waals surface area contributed by atoms with Crippen molar-refractivity contribution in [1.82, 2.24) is 14.4 Å². The van der Waals surface area contributed by atoms with Crippen molar-refractivity contribution in [3.63, 3.8) is 0 Å². The van der Waals surface area contributed by atoms with Gasteiger partial charge in [-0.2, -0.15) is 60.9 Å². The molecule has 8 rings (SSSR count). The highest BCUT2D eigenvalue weighted by atomic mass is 32.2. The maximum Gasteiger partial charge on any atom is 0.296 e. The molecule has 0 radical (unpaired) electrons. The van der Waals surface area contributed by atoms with Crippen LogP contribution in [0, 0.1) is 25.2 Å². The smallest absolute Gasteiger partial charge is 0.296 e. The van der Waals surface area contributed by atoms with Crippen LogP contribution in [0.25, 0.3) is 37.7 Å². The number of carbonyl (C=O) groups excluding carboxylic acids is 1. The first-order valence-corrected chi connectivity index (χ1v) is 34.6. The number of ether oxygens (including phenoxy) is 2. The summed E-state index contributed by atoms with van der Waals surface area (Å²) in [6.45, 7) is 3.65. The van der Waals surface area contributed by atoms with Gasteiger partial charge in [0.15, 0.2) is 11.3 Å². The molecule has 8 aromatic rings. The van der Waals surface area contributed by atoms with Gasteiger partial charge in [-0.1, -0.05) is 11.3 Å². The van der Waals surface area contributed by atoms with Crippen molar-refractivity contribution in [1.29, 1.82) is 5.26 Å². The number of benzene rings is 5. The predicted molar refractivity (Wildman–Crippen MR) is 309 cm³/mol. The van der Waals surface area contributed by atoms with E-state index < -0.39 is 131 Å². The van der Waals surface area contributed by atoms with Gasteiger partial charge in [-0.15, -0.1) is 37.3 Å². The molecule has 0 saturated heterocycles. The van der Waals surface area contributed by atoms with Crippen LogP contribution in [0.5, 0.6) is 17.4 Å². The third-order valence-electron chi connectivity index (χ3n) is 12.1. The molecule has 87 heavy (non-hydrogen) atoms. The molecule has 3 aromatic heterocycles. The predicted octanol–water partition coefficient (Wildman–Crippen LogP) is 8.67. The summed E-state index contributed by atoms with van der Waals surface area (Å²) >= 11 is 1.47. The van der Waals surface area contributed by atoms with E-state index in [4.69, 9.17) is 9.47 Å². The number of aromatic hydroxyl groups is 1. The fourth-order valence-corrected chi connectivity index (χ4v) is 14.2. The zero-order chi connectivity index (χ0) is 64.1. The molecular weight excluding hydrogens is 1320 g/mol. The lowest BCUT2D eigenvalue weighted by Gasteiger charge is -2.12. The van der Waals surface area contributed by atoms with E-state index in [9.17, 15) is 93.0 Å². The fraction of sp³-hybridized carbons (Fsp3) is 0.217. The molecule has 3 heterocycles. The molecule has 8 N–H and O–H groups in total. The first kappa shape index (κ1) is 65.2. The topological polar surface area (TPSA) is 522 Å². The first-order valence-electron chi connectivity index (χ1n) is 23.8. The van der Waals surface area contributed by atoms with Crippen molar-refractivity contribution in [2.75, 3.05) is 36.3 Å². The molecular formula is C46H41N11O22S8. The van der Waals surface area contributed by atoms with Gasteiger partial charge < -0.3 is 19.9 Å². The molecule has 0 atom stereocenters. The van der Waals surface area contributed by atoms with Crippen LogP contribution in [0.4, 0.5) is 39.3 Å². The molecule has 0 bridgehead atoms. The number of thioether (sulfide) groups is 1. The average molecular weight is 1360 g/mol. The average Bonchev–Trinajstić information content (AvgIpc) is 1.69. The molecule has 33 nitrogen and oxygen atoms in total. The van der Waals surface area contributed by atoms with E-state index in [1.54, 1.807) is 0 Å². The van der Waals surface area contributed by atoms with Crippen molar-refractivity contribution in [2.45, 2.75) is 58.1 Å². The van der Waals surface area contributed by atoms with Gasteiger partial charge in [-0.25, -0.2) is 9.97 Å². The molecule has 0 aliphatic heterocycles. The number of anilines is 1. The van der Waals surface area contributed by atoms with Crippen molar-refractivity contribution in [3.05, 3.63) is 71.3 Å². The fourth-order valence-electron chi connectivity index (χ4n) is 8.32. The summed E-state index contributed by atoms with van der Waals surface area (Å²) in [6.07, 6.45) is -0.381. The summed E-state index contributed by atoms with van der Waals surface area (Å²) in [5.41, 5.74) is -2.15. The monoisotopic (exact) mass is 1360 g/mol. The molecule has 41 heteroatoms. The first-order chi connectivity index (χ1) is 40.4. The third-order valence-corrected chi connectivity index (χ3v) is 19.2. The SMILES string of the molecule is COc1cc(N=Nc2cc(OCCCS(=O)(=O)O)c(N=Nc3c(C)c(C#N)c4nc5cc(NC(C)=O)cc(S(=O)(=O)O)c5n4c3O)cc2C)c(SCCCS(=O)(=O)O)cc1N=Nc1nc2c(S(=O)(=O)O)cc3c(S(=O)(=O)O)cc(S(=O)(=O)O)cc3c2s1. The Morgan fingerprint density at radius 1 is 0.690 bits per heavy atom. The summed E-state index contributed by atoms with van der Waals surface area (Å²) in [6, 6.07) is 11.1. The van der Waals surface area contributed by atoms with E-state index in [2.05, 4.69) is 46.0 Å².